The second-order valence-corrected chi connectivity index (χ2v) is 4.82. The normalized spacial score (nSPS) is 16.5. The highest BCUT2D eigenvalue weighted by atomic mass is 19.1. The number of nitrogens with zero attached hydrogens (tertiary/aromatic N) is 1. The fourth-order valence-corrected chi connectivity index (χ4v) is 2.01. The molecule has 1 aromatic rings. The van der Waals surface area contributed by atoms with Crippen molar-refractivity contribution in [2.24, 2.45) is 5.73 Å². The summed E-state index contributed by atoms with van der Waals surface area (Å²) in [6.07, 6.45) is 2.61. The zero-order valence-electron chi connectivity index (χ0n) is 10.2. The van der Waals surface area contributed by atoms with Crippen molar-refractivity contribution >= 4 is 11.6 Å². The van der Waals surface area contributed by atoms with Crippen LogP contribution in [0.3, 0.4) is 0 Å². The Morgan fingerprint density at radius 2 is 2.21 bits per heavy atom. The Bertz CT molecular complexity index is 529. The van der Waals surface area contributed by atoms with Gasteiger partial charge in [0, 0.05) is 18.2 Å². The Kier molecular flexibility index (Phi) is 3.48. The second kappa shape index (κ2) is 4.93. The van der Waals surface area contributed by atoms with E-state index in [2.05, 4.69) is 5.32 Å². The van der Waals surface area contributed by atoms with Crippen LogP contribution < -0.4 is 11.1 Å². The third-order valence-corrected chi connectivity index (χ3v) is 3.35. The number of amides is 1. The van der Waals surface area contributed by atoms with Gasteiger partial charge in [-0.3, -0.25) is 14.9 Å². The number of nitro benzene ring substituents is 1. The monoisotopic (exact) mass is 267 g/mol. The number of nitrogens with two attached hydrogens (primary N) is 1. The minimum atomic E-state index is -0.712. The molecule has 0 saturated heterocycles. The average molecular weight is 267 g/mol. The average Bonchev–Trinajstić information content (AvgIpc) is 2.33. The number of halogens is 1. The molecule has 0 aliphatic heterocycles. The van der Waals surface area contributed by atoms with Gasteiger partial charge >= 0.3 is 0 Å². The molecule has 2 rings (SSSR count). The fraction of sp³-hybridized carbons (Fsp3) is 0.417. The first-order chi connectivity index (χ1) is 8.91. The van der Waals surface area contributed by atoms with Crippen LogP contribution in [0, 0.1) is 15.9 Å². The van der Waals surface area contributed by atoms with Crippen molar-refractivity contribution in [3.05, 3.63) is 39.7 Å². The number of rotatable bonds is 4. The summed E-state index contributed by atoms with van der Waals surface area (Å²) in [7, 11) is 0. The molecule has 1 amide bonds. The van der Waals surface area contributed by atoms with Crippen LogP contribution in [0.25, 0.3) is 0 Å². The molecule has 19 heavy (non-hydrogen) atoms. The van der Waals surface area contributed by atoms with Crippen LogP contribution in [0.1, 0.15) is 29.6 Å². The van der Waals surface area contributed by atoms with Crippen LogP contribution in [0.2, 0.25) is 0 Å². The zero-order valence-corrected chi connectivity index (χ0v) is 10.2. The number of benzene rings is 1. The SMILES string of the molecule is NC1(CNC(=O)c2cc(F)ccc2[N+](=O)[O-])CCC1. The maximum atomic E-state index is 13.1. The van der Waals surface area contributed by atoms with Crippen LogP contribution >= 0.6 is 0 Å². The first kappa shape index (κ1) is 13.4. The number of carbonyl (C=O) groups excluding carboxylic acids is 1. The highest BCUT2D eigenvalue weighted by molar-refractivity contribution is 5.98. The van der Waals surface area contributed by atoms with Gasteiger partial charge in [0.25, 0.3) is 11.6 Å². The van der Waals surface area contributed by atoms with Crippen molar-refractivity contribution in [3.8, 4) is 0 Å². The molecule has 1 aliphatic carbocycles. The van der Waals surface area contributed by atoms with Gasteiger partial charge in [-0.05, 0) is 31.4 Å². The molecule has 102 valence electrons. The molecule has 6 nitrogen and oxygen atoms in total. The number of carbonyl (C=O) groups is 1. The molecule has 1 aliphatic rings. The van der Waals surface area contributed by atoms with Crippen LogP contribution in [-0.4, -0.2) is 22.9 Å². The summed E-state index contributed by atoms with van der Waals surface area (Å²) in [5.74, 6) is -1.37. The predicted octanol–water partition coefficient (Wildman–Crippen LogP) is 1.35. The van der Waals surface area contributed by atoms with E-state index < -0.39 is 27.9 Å². The fourth-order valence-electron chi connectivity index (χ4n) is 2.01. The lowest BCUT2D eigenvalue weighted by Gasteiger charge is -2.38. The van der Waals surface area contributed by atoms with E-state index in [1.165, 1.54) is 0 Å². The van der Waals surface area contributed by atoms with Crippen molar-refractivity contribution in [1.82, 2.24) is 5.32 Å². The van der Waals surface area contributed by atoms with Crippen LogP contribution in [0.5, 0.6) is 0 Å². The summed E-state index contributed by atoms with van der Waals surface area (Å²) in [5.41, 5.74) is 4.80. The molecule has 7 heteroatoms. The van der Waals surface area contributed by atoms with Crippen molar-refractivity contribution in [1.29, 1.82) is 0 Å². The van der Waals surface area contributed by atoms with Gasteiger partial charge in [0.1, 0.15) is 11.4 Å². The topological polar surface area (TPSA) is 98.3 Å². The van der Waals surface area contributed by atoms with E-state index in [1.54, 1.807) is 0 Å². The van der Waals surface area contributed by atoms with Gasteiger partial charge in [0.2, 0.25) is 0 Å². The molecule has 0 heterocycles. The molecule has 1 fully saturated rings. The zero-order chi connectivity index (χ0) is 14.0. The summed E-state index contributed by atoms with van der Waals surface area (Å²) in [6.45, 7) is 0.236. The van der Waals surface area contributed by atoms with Gasteiger partial charge in [-0.2, -0.15) is 0 Å². The lowest BCUT2D eigenvalue weighted by molar-refractivity contribution is -0.385. The van der Waals surface area contributed by atoms with Gasteiger partial charge < -0.3 is 11.1 Å². The molecule has 0 atom stereocenters. The molecular weight excluding hydrogens is 253 g/mol. The minimum Gasteiger partial charge on any atom is -0.350 e. The lowest BCUT2D eigenvalue weighted by Crippen LogP contribution is -2.54. The Hall–Kier alpha value is -2.02. The van der Waals surface area contributed by atoms with Gasteiger partial charge in [0.15, 0.2) is 0 Å². The molecular formula is C12H14FN3O3. The van der Waals surface area contributed by atoms with E-state index in [0.29, 0.717) is 0 Å². The number of hydrogen-bond donors (Lipinski definition) is 2. The third kappa shape index (κ3) is 2.87. The highest BCUT2D eigenvalue weighted by Gasteiger charge is 2.33. The van der Waals surface area contributed by atoms with E-state index in [4.69, 9.17) is 5.73 Å². The first-order valence-electron chi connectivity index (χ1n) is 5.92. The van der Waals surface area contributed by atoms with Crippen molar-refractivity contribution in [2.45, 2.75) is 24.8 Å². The lowest BCUT2D eigenvalue weighted by atomic mass is 9.78. The summed E-state index contributed by atoms with van der Waals surface area (Å²) >= 11 is 0. The second-order valence-electron chi connectivity index (χ2n) is 4.82. The van der Waals surface area contributed by atoms with Crippen molar-refractivity contribution in [3.63, 3.8) is 0 Å². The van der Waals surface area contributed by atoms with E-state index in [9.17, 15) is 19.3 Å². The standard InChI is InChI=1S/C12H14FN3O3/c13-8-2-3-10(16(18)19)9(6-8)11(17)15-7-12(14)4-1-5-12/h2-3,6H,1,4-5,7,14H2,(H,15,17). The van der Waals surface area contributed by atoms with Gasteiger partial charge in [-0.25, -0.2) is 4.39 Å². The predicted molar refractivity (Wildman–Crippen MR) is 66.2 cm³/mol. The minimum absolute atomic E-state index is 0.236. The maximum Gasteiger partial charge on any atom is 0.282 e. The van der Waals surface area contributed by atoms with Crippen LogP contribution in [0.4, 0.5) is 10.1 Å². The van der Waals surface area contributed by atoms with E-state index >= 15 is 0 Å². The quantitative estimate of drug-likeness (QED) is 0.635. The number of hydrogen-bond acceptors (Lipinski definition) is 4. The molecule has 3 N–H and O–H groups in total. The molecule has 0 unspecified atom stereocenters. The van der Waals surface area contributed by atoms with E-state index in [1.807, 2.05) is 0 Å². The first-order valence-corrected chi connectivity index (χ1v) is 5.92. The van der Waals surface area contributed by atoms with Crippen LogP contribution in [-0.2, 0) is 0 Å². The Balaban J connectivity index is 2.13. The number of nitrogens with one attached hydrogen (secondary N) is 1. The Morgan fingerprint density at radius 3 is 2.74 bits per heavy atom. The molecule has 0 aromatic heterocycles. The van der Waals surface area contributed by atoms with Gasteiger partial charge in [-0.15, -0.1) is 0 Å². The smallest absolute Gasteiger partial charge is 0.282 e. The van der Waals surface area contributed by atoms with Crippen LogP contribution in [0.15, 0.2) is 18.2 Å². The Morgan fingerprint density at radius 1 is 1.53 bits per heavy atom. The summed E-state index contributed by atoms with van der Waals surface area (Å²) < 4.78 is 13.1. The van der Waals surface area contributed by atoms with E-state index in [-0.39, 0.29) is 12.1 Å². The van der Waals surface area contributed by atoms with Crippen molar-refractivity contribution in [2.75, 3.05) is 6.54 Å². The third-order valence-electron chi connectivity index (χ3n) is 3.35. The molecule has 0 spiro atoms. The molecule has 0 radical (unpaired) electrons. The number of nitro groups is 1. The molecule has 0 bridgehead atoms. The largest absolute Gasteiger partial charge is 0.350 e. The van der Waals surface area contributed by atoms with Crippen molar-refractivity contribution < 1.29 is 14.1 Å². The van der Waals surface area contributed by atoms with Gasteiger partial charge in [0.05, 0.1) is 4.92 Å². The highest BCUT2D eigenvalue weighted by Crippen LogP contribution is 2.28. The maximum absolute atomic E-state index is 13.1. The van der Waals surface area contributed by atoms with Gasteiger partial charge in [-0.1, -0.05) is 0 Å². The Labute approximate surface area is 108 Å². The summed E-state index contributed by atoms with van der Waals surface area (Å²) in [6, 6.07) is 2.79. The molecule has 1 aromatic carbocycles. The summed E-state index contributed by atoms with van der Waals surface area (Å²) in [5, 5.41) is 13.3. The van der Waals surface area contributed by atoms with E-state index in [0.717, 1.165) is 37.5 Å². The summed E-state index contributed by atoms with van der Waals surface area (Å²) in [4.78, 5) is 21.9. The molecule has 1 saturated carbocycles.